The van der Waals surface area contributed by atoms with Crippen LogP contribution in [0.2, 0.25) is 0 Å². The monoisotopic (exact) mass is 435 g/mol. The Kier molecular flexibility index (Phi) is 5.70. The molecule has 0 fully saturated rings. The molecule has 12 heteroatoms. The number of ether oxygens (including phenoxy) is 1. The van der Waals surface area contributed by atoms with Crippen LogP contribution in [0.15, 0.2) is 42.5 Å². The maximum Gasteiger partial charge on any atom is 0.460 e. The molecule has 0 spiro atoms. The minimum Gasteiger partial charge on any atom is -0.454 e. The molecule has 0 saturated heterocycles. The van der Waals surface area contributed by atoms with E-state index in [9.17, 15) is 43.9 Å². The number of nitrogens with one attached hydrogen (secondary N) is 1. The average molecular weight is 435 g/mol. The summed E-state index contributed by atoms with van der Waals surface area (Å²) < 4.78 is 136. The smallest absolute Gasteiger partial charge is 0.454 e. The zero-order valence-corrected chi connectivity index (χ0v) is 14.2. The van der Waals surface area contributed by atoms with Crippen molar-refractivity contribution in [3.63, 3.8) is 0 Å². The van der Waals surface area contributed by atoms with Gasteiger partial charge < -0.3 is 10.1 Å². The van der Waals surface area contributed by atoms with Gasteiger partial charge in [-0.3, -0.25) is 0 Å². The lowest BCUT2D eigenvalue weighted by Crippen LogP contribution is -2.59. The van der Waals surface area contributed by atoms with E-state index in [1.54, 1.807) is 0 Å². The Labute approximate surface area is 157 Å². The van der Waals surface area contributed by atoms with E-state index in [1.165, 1.54) is 13.1 Å². The lowest BCUT2D eigenvalue weighted by molar-refractivity contribution is -0.399. The molecule has 0 unspecified atom stereocenters. The van der Waals surface area contributed by atoms with Gasteiger partial charge in [-0.25, -0.2) is 4.39 Å². The Morgan fingerprint density at radius 1 is 0.759 bits per heavy atom. The van der Waals surface area contributed by atoms with Crippen LogP contribution in [0.3, 0.4) is 0 Å². The molecule has 0 aliphatic rings. The molecule has 2 nitrogen and oxygen atoms in total. The molecule has 0 heterocycles. The van der Waals surface area contributed by atoms with Gasteiger partial charge >= 0.3 is 23.9 Å². The molecule has 0 bridgehead atoms. The molecule has 1 N–H and O–H groups in total. The number of benzene rings is 2. The Morgan fingerprint density at radius 2 is 1.31 bits per heavy atom. The van der Waals surface area contributed by atoms with Crippen molar-refractivity contribution in [3.8, 4) is 11.5 Å². The molecule has 0 aliphatic carbocycles. The zero-order chi connectivity index (χ0) is 22.3. The fourth-order valence-electron chi connectivity index (χ4n) is 2.15. The van der Waals surface area contributed by atoms with Crippen LogP contribution >= 0.6 is 0 Å². The summed E-state index contributed by atoms with van der Waals surface area (Å²) >= 11 is 0. The van der Waals surface area contributed by atoms with Gasteiger partial charge in [0, 0.05) is 24.4 Å². The normalized spacial score (nSPS) is 13.3. The van der Waals surface area contributed by atoms with Crippen molar-refractivity contribution in [1.29, 1.82) is 0 Å². The van der Waals surface area contributed by atoms with Crippen molar-refractivity contribution in [3.05, 3.63) is 53.8 Å². The number of hydrogen-bond donors (Lipinski definition) is 1. The topological polar surface area (TPSA) is 21.3 Å². The predicted molar refractivity (Wildman–Crippen MR) is 82.3 cm³/mol. The Morgan fingerprint density at radius 3 is 1.76 bits per heavy atom. The average Bonchev–Trinajstić information content (AvgIpc) is 2.62. The summed E-state index contributed by atoms with van der Waals surface area (Å²) in [5, 5.41) is 2.63. The van der Waals surface area contributed by atoms with Gasteiger partial charge in [0.25, 0.3) is 0 Å². The number of alkyl halides is 9. The number of hydrogen-bond acceptors (Lipinski definition) is 2. The second-order valence-electron chi connectivity index (χ2n) is 5.74. The highest BCUT2D eigenvalue weighted by Gasteiger charge is 2.81. The van der Waals surface area contributed by atoms with Crippen molar-refractivity contribution in [2.24, 2.45) is 0 Å². The Balaban J connectivity index is 2.31. The number of anilines is 1. The second-order valence-corrected chi connectivity index (χ2v) is 5.74. The molecule has 2 rings (SSSR count). The van der Waals surface area contributed by atoms with E-state index in [0.717, 1.165) is 12.1 Å². The lowest BCUT2D eigenvalue weighted by Gasteiger charge is -2.33. The predicted octanol–water partition coefficient (Wildman–Crippen LogP) is 6.58. The van der Waals surface area contributed by atoms with Gasteiger partial charge in [-0.05, 0) is 36.4 Å². The molecule has 160 valence electrons. The standard InChI is InChI=1S/C17H11F10NO/c1-28-10-4-7-13(12(18)8-10)29-11-5-2-9(3-6-11)14(19,20)15(21,22)16(23,24)17(25,26)27/h2-8,28H,1H3. The van der Waals surface area contributed by atoms with E-state index >= 15 is 0 Å². The van der Waals surface area contributed by atoms with Crippen molar-refractivity contribution in [2.75, 3.05) is 12.4 Å². The summed E-state index contributed by atoms with van der Waals surface area (Å²) in [7, 11) is 1.51. The fourth-order valence-corrected chi connectivity index (χ4v) is 2.15. The van der Waals surface area contributed by atoms with Gasteiger partial charge in [-0.1, -0.05) is 0 Å². The molecule has 0 amide bonds. The van der Waals surface area contributed by atoms with Crippen LogP contribution in [-0.2, 0) is 5.92 Å². The summed E-state index contributed by atoms with van der Waals surface area (Å²) in [6, 6.07) is 5.11. The van der Waals surface area contributed by atoms with Crippen molar-refractivity contribution in [1.82, 2.24) is 0 Å². The van der Waals surface area contributed by atoms with Crippen molar-refractivity contribution in [2.45, 2.75) is 23.9 Å². The molecule has 0 saturated carbocycles. The minimum absolute atomic E-state index is 0.176. The molecule has 2 aromatic carbocycles. The minimum atomic E-state index is -6.99. The first-order chi connectivity index (χ1) is 13.1. The molecular weight excluding hydrogens is 424 g/mol. The van der Waals surface area contributed by atoms with E-state index in [2.05, 4.69) is 5.32 Å². The fraction of sp³-hybridized carbons (Fsp3) is 0.294. The first-order valence-corrected chi connectivity index (χ1v) is 7.61. The van der Waals surface area contributed by atoms with Crippen LogP contribution in [0.5, 0.6) is 11.5 Å². The third-order valence-electron chi connectivity index (χ3n) is 3.81. The van der Waals surface area contributed by atoms with Crippen LogP contribution in [0.4, 0.5) is 49.6 Å². The van der Waals surface area contributed by atoms with Gasteiger partial charge in [0.15, 0.2) is 11.6 Å². The molecular formula is C17H11F10NO. The second kappa shape index (κ2) is 7.30. The largest absolute Gasteiger partial charge is 0.460 e. The summed E-state index contributed by atoms with van der Waals surface area (Å²) in [4.78, 5) is 0. The van der Waals surface area contributed by atoms with Gasteiger partial charge in [-0.2, -0.15) is 39.5 Å². The molecule has 2 aromatic rings. The van der Waals surface area contributed by atoms with E-state index in [1.807, 2.05) is 0 Å². The highest BCUT2D eigenvalue weighted by Crippen LogP contribution is 2.56. The SMILES string of the molecule is CNc1ccc(Oc2ccc(C(F)(F)C(F)(F)C(F)(F)C(F)(F)F)cc2)c(F)c1. The van der Waals surface area contributed by atoms with E-state index in [4.69, 9.17) is 4.74 Å². The van der Waals surface area contributed by atoms with E-state index < -0.39 is 35.3 Å². The first-order valence-electron chi connectivity index (χ1n) is 7.61. The van der Waals surface area contributed by atoms with Crippen LogP contribution < -0.4 is 10.1 Å². The summed E-state index contributed by atoms with van der Waals surface area (Å²) in [6.07, 6.45) is -6.90. The number of halogens is 10. The van der Waals surface area contributed by atoms with E-state index in [-0.39, 0.29) is 23.6 Å². The van der Waals surface area contributed by atoms with Crippen LogP contribution in [-0.4, -0.2) is 25.1 Å². The van der Waals surface area contributed by atoms with Gasteiger partial charge in [0.2, 0.25) is 0 Å². The lowest BCUT2D eigenvalue weighted by atomic mass is 9.97. The van der Waals surface area contributed by atoms with Gasteiger partial charge in [0.1, 0.15) is 5.75 Å². The molecule has 0 aliphatic heterocycles. The molecule has 0 radical (unpaired) electrons. The summed E-state index contributed by atoms with van der Waals surface area (Å²) in [5.41, 5.74) is -1.44. The molecule has 0 aromatic heterocycles. The highest BCUT2D eigenvalue weighted by atomic mass is 19.4. The number of rotatable bonds is 6. The van der Waals surface area contributed by atoms with Crippen molar-refractivity contribution >= 4 is 5.69 Å². The zero-order valence-electron chi connectivity index (χ0n) is 14.2. The maximum absolute atomic E-state index is 13.8. The summed E-state index contributed by atoms with van der Waals surface area (Å²) in [5.74, 6) is -21.2. The first kappa shape index (κ1) is 22.6. The summed E-state index contributed by atoms with van der Waals surface area (Å²) in [6.45, 7) is 0. The highest BCUT2D eigenvalue weighted by molar-refractivity contribution is 5.47. The maximum atomic E-state index is 13.8. The third kappa shape index (κ3) is 3.92. The van der Waals surface area contributed by atoms with Crippen molar-refractivity contribution < 1.29 is 48.6 Å². The Bertz CT molecular complexity index is 862. The molecule has 29 heavy (non-hydrogen) atoms. The Hall–Kier alpha value is -2.66. The van der Waals surface area contributed by atoms with Gasteiger partial charge in [0.05, 0.1) is 0 Å². The van der Waals surface area contributed by atoms with E-state index in [0.29, 0.717) is 17.8 Å². The van der Waals surface area contributed by atoms with Crippen LogP contribution in [0, 0.1) is 5.82 Å². The molecule has 0 atom stereocenters. The van der Waals surface area contributed by atoms with Crippen LogP contribution in [0.1, 0.15) is 5.56 Å². The quantitative estimate of drug-likeness (QED) is 0.518. The van der Waals surface area contributed by atoms with Gasteiger partial charge in [-0.15, -0.1) is 0 Å². The third-order valence-corrected chi connectivity index (χ3v) is 3.81. The van der Waals surface area contributed by atoms with Crippen LogP contribution in [0.25, 0.3) is 0 Å².